The van der Waals surface area contributed by atoms with Crippen LogP contribution in [0.4, 0.5) is 0 Å². The molecule has 13 heteroatoms. The van der Waals surface area contributed by atoms with Gasteiger partial charge in [-0.1, -0.05) is 121 Å². The summed E-state index contributed by atoms with van der Waals surface area (Å²) in [5.74, 6) is -1.77. The summed E-state index contributed by atoms with van der Waals surface area (Å²) in [4.78, 5) is 47.5. The summed E-state index contributed by atoms with van der Waals surface area (Å²) in [5.41, 5.74) is 5.34. The third-order valence-corrected chi connectivity index (χ3v) is 10.9. The number of aliphatic hydroxyl groups is 2. The molecule has 0 amide bonds. The van der Waals surface area contributed by atoms with Gasteiger partial charge in [0.25, 0.3) is 0 Å². The lowest BCUT2D eigenvalue weighted by Gasteiger charge is -2.19. The van der Waals surface area contributed by atoms with Crippen molar-refractivity contribution in [3.05, 3.63) is 36.5 Å². The van der Waals surface area contributed by atoms with Crippen LogP contribution in [0, 0.1) is 11.8 Å². The number of ketones is 1. The van der Waals surface area contributed by atoms with E-state index < -0.39 is 50.6 Å². The molecule has 324 valence electrons. The van der Waals surface area contributed by atoms with Crippen LogP contribution in [0.15, 0.2) is 36.5 Å². The third-order valence-electron chi connectivity index (χ3n) is 9.88. The first-order chi connectivity index (χ1) is 27.0. The highest BCUT2D eigenvalue weighted by atomic mass is 31.2. The number of esters is 2. The molecular formula is C43H76NO11P. The van der Waals surface area contributed by atoms with Gasteiger partial charge in [-0.2, -0.15) is 0 Å². The fourth-order valence-corrected chi connectivity index (χ4v) is 7.32. The standard InChI is InChI=1S/C43H76NO11P/c1-3-5-7-8-9-10-11-12-13-14-15-16-17-18-24-28-43(49)55-37(35-54-56(50,51)53-32-31-44)34-52-42(48)27-23-20-19-22-26-38-39(41(47)33-40(38)46)30-29-36(45)25-21-6-4-2/h12-13,19,22,29-30,36-40,45-46H,3-11,14-18,20-21,23-28,31-35,44H2,1-2H3,(H,50,51)/b13-12-,22-19-,30-29+/t36-,37+,38+,39+,40-/m0/s1. The van der Waals surface area contributed by atoms with E-state index in [9.17, 15) is 34.1 Å². The lowest BCUT2D eigenvalue weighted by molar-refractivity contribution is -0.161. The summed E-state index contributed by atoms with van der Waals surface area (Å²) in [6.45, 7) is 3.30. The molecule has 56 heavy (non-hydrogen) atoms. The molecule has 1 unspecified atom stereocenters. The monoisotopic (exact) mass is 814 g/mol. The molecule has 0 aliphatic heterocycles. The van der Waals surface area contributed by atoms with Crippen molar-refractivity contribution >= 4 is 25.5 Å². The number of hydrogen-bond donors (Lipinski definition) is 4. The van der Waals surface area contributed by atoms with E-state index in [0.717, 1.165) is 57.8 Å². The van der Waals surface area contributed by atoms with Crippen LogP contribution in [0.2, 0.25) is 0 Å². The number of carbonyl (C=O) groups excluding carboxylic acids is 3. The Labute approximate surface area is 337 Å². The average molecular weight is 814 g/mol. The predicted molar refractivity (Wildman–Crippen MR) is 221 cm³/mol. The molecule has 6 atom stereocenters. The molecule has 0 aromatic rings. The second kappa shape index (κ2) is 33.8. The second-order valence-electron chi connectivity index (χ2n) is 15.0. The minimum atomic E-state index is -4.44. The van der Waals surface area contributed by atoms with Gasteiger partial charge < -0.3 is 30.3 Å². The van der Waals surface area contributed by atoms with Crippen LogP contribution in [0.25, 0.3) is 0 Å². The van der Waals surface area contributed by atoms with E-state index in [-0.39, 0.29) is 50.7 Å². The van der Waals surface area contributed by atoms with Crippen molar-refractivity contribution in [1.82, 2.24) is 0 Å². The molecule has 5 N–H and O–H groups in total. The molecule has 1 aliphatic rings. The summed E-state index contributed by atoms with van der Waals surface area (Å²) in [6.07, 6.45) is 29.7. The lowest BCUT2D eigenvalue weighted by Crippen LogP contribution is -2.29. The number of unbranched alkanes of at least 4 members (excludes halogenated alkanes) is 14. The van der Waals surface area contributed by atoms with Crippen molar-refractivity contribution in [3.8, 4) is 0 Å². The number of allylic oxidation sites excluding steroid dienone is 5. The molecule has 1 saturated carbocycles. The molecule has 12 nitrogen and oxygen atoms in total. The molecule has 0 aromatic carbocycles. The van der Waals surface area contributed by atoms with Crippen molar-refractivity contribution in [3.63, 3.8) is 0 Å². The number of rotatable bonds is 36. The first kappa shape index (κ1) is 51.8. The molecule has 0 aromatic heterocycles. The van der Waals surface area contributed by atoms with Gasteiger partial charge in [0.05, 0.1) is 25.4 Å². The van der Waals surface area contributed by atoms with Crippen LogP contribution >= 0.6 is 7.82 Å². The van der Waals surface area contributed by atoms with Crippen LogP contribution in [0.1, 0.15) is 162 Å². The second-order valence-corrected chi connectivity index (χ2v) is 16.4. The Kier molecular flexibility index (Phi) is 31.2. The number of ether oxygens (including phenoxy) is 2. The molecule has 0 bridgehead atoms. The van der Waals surface area contributed by atoms with Gasteiger partial charge in [0, 0.05) is 37.6 Å². The summed E-state index contributed by atoms with van der Waals surface area (Å²) in [7, 11) is -4.44. The Morgan fingerprint density at radius 3 is 2.07 bits per heavy atom. The lowest BCUT2D eigenvalue weighted by atomic mass is 9.90. The van der Waals surface area contributed by atoms with E-state index in [2.05, 4.69) is 26.0 Å². The van der Waals surface area contributed by atoms with Gasteiger partial charge in [0.2, 0.25) is 0 Å². The predicted octanol–water partition coefficient (Wildman–Crippen LogP) is 8.75. The fraction of sp³-hybridized carbons (Fsp3) is 0.791. The van der Waals surface area contributed by atoms with E-state index in [4.69, 9.17) is 24.3 Å². The number of hydrogen-bond acceptors (Lipinski definition) is 11. The Morgan fingerprint density at radius 2 is 1.39 bits per heavy atom. The zero-order valence-electron chi connectivity index (χ0n) is 34.6. The molecule has 1 fully saturated rings. The highest BCUT2D eigenvalue weighted by Gasteiger charge is 2.39. The molecule has 0 radical (unpaired) electrons. The number of carbonyl (C=O) groups is 3. The van der Waals surface area contributed by atoms with E-state index in [0.29, 0.717) is 32.1 Å². The van der Waals surface area contributed by atoms with E-state index >= 15 is 0 Å². The highest BCUT2D eigenvalue weighted by molar-refractivity contribution is 7.47. The van der Waals surface area contributed by atoms with E-state index in [1.165, 1.54) is 38.5 Å². The Morgan fingerprint density at radius 1 is 0.804 bits per heavy atom. The smallest absolute Gasteiger partial charge is 0.462 e. The SMILES string of the molecule is CCCCCCCC/C=C\CCCCCCCC(=O)O[C@H](COC(=O)CCC/C=C\C[C@H]1[C@@H](O)CC(=O)[C@@H]1/C=C/[C@@H](O)CCCCC)COP(=O)(O)OCCN. The van der Waals surface area contributed by atoms with Crippen molar-refractivity contribution in [2.24, 2.45) is 17.6 Å². The van der Waals surface area contributed by atoms with Crippen LogP contribution in [0.3, 0.4) is 0 Å². The van der Waals surface area contributed by atoms with Gasteiger partial charge in [-0.25, -0.2) is 4.57 Å². The zero-order chi connectivity index (χ0) is 41.3. The van der Waals surface area contributed by atoms with Gasteiger partial charge in [-0.15, -0.1) is 0 Å². The number of aliphatic hydroxyl groups excluding tert-OH is 2. The van der Waals surface area contributed by atoms with Crippen LogP contribution < -0.4 is 5.73 Å². The van der Waals surface area contributed by atoms with Crippen LogP contribution in [-0.4, -0.2) is 77.5 Å². The maximum absolute atomic E-state index is 12.6. The number of phosphoric acid groups is 1. The largest absolute Gasteiger partial charge is 0.472 e. The maximum Gasteiger partial charge on any atom is 0.472 e. The first-order valence-corrected chi connectivity index (χ1v) is 23.1. The molecule has 0 heterocycles. The van der Waals surface area contributed by atoms with Gasteiger partial charge >= 0.3 is 19.8 Å². The summed E-state index contributed by atoms with van der Waals surface area (Å²) >= 11 is 0. The zero-order valence-corrected chi connectivity index (χ0v) is 35.5. The van der Waals surface area contributed by atoms with Gasteiger partial charge in [0.15, 0.2) is 6.10 Å². The Hall–Kier alpha value is -2.18. The Bertz CT molecular complexity index is 1180. The molecular weight excluding hydrogens is 737 g/mol. The van der Waals surface area contributed by atoms with E-state index in [1.807, 2.05) is 12.2 Å². The Balaban J connectivity index is 2.42. The third kappa shape index (κ3) is 27.5. The minimum absolute atomic E-state index is 0.0133. The molecule has 0 spiro atoms. The molecule has 1 rings (SSSR count). The number of nitrogens with two attached hydrogens (primary N) is 1. The van der Waals surface area contributed by atoms with Crippen molar-refractivity contribution < 1.29 is 52.6 Å². The summed E-state index contributed by atoms with van der Waals surface area (Å²) in [5, 5.41) is 20.7. The minimum Gasteiger partial charge on any atom is -0.462 e. The van der Waals surface area contributed by atoms with Gasteiger partial charge in [-0.3, -0.25) is 23.4 Å². The van der Waals surface area contributed by atoms with Crippen molar-refractivity contribution in [2.45, 2.75) is 180 Å². The molecule has 1 aliphatic carbocycles. The van der Waals surface area contributed by atoms with Gasteiger partial charge in [-0.05, 0) is 57.8 Å². The average Bonchev–Trinajstić information content (AvgIpc) is 3.44. The molecule has 0 saturated heterocycles. The fourth-order valence-electron chi connectivity index (χ4n) is 6.55. The van der Waals surface area contributed by atoms with Crippen LogP contribution in [-0.2, 0) is 37.5 Å². The normalized spacial score (nSPS) is 19.6. The highest BCUT2D eigenvalue weighted by Crippen LogP contribution is 2.43. The maximum atomic E-state index is 12.6. The number of phosphoric ester groups is 1. The quantitative estimate of drug-likeness (QED) is 0.0204. The van der Waals surface area contributed by atoms with Crippen LogP contribution in [0.5, 0.6) is 0 Å². The number of Topliss-reactive ketones (excluding diaryl/α,β-unsaturated/α-hetero) is 1. The van der Waals surface area contributed by atoms with E-state index in [1.54, 1.807) is 12.2 Å². The van der Waals surface area contributed by atoms with Crippen molar-refractivity contribution in [2.75, 3.05) is 26.4 Å². The topological polar surface area (TPSA) is 192 Å². The van der Waals surface area contributed by atoms with Gasteiger partial charge in [0.1, 0.15) is 12.4 Å². The summed E-state index contributed by atoms with van der Waals surface area (Å²) in [6, 6.07) is 0. The summed E-state index contributed by atoms with van der Waals surface area (Å²) < 4.78 is 32.7. The first-order valence-electron chi connectivity index (χ1n) is 21.6. The van der Waals surface area contributed by atoms with Crippen molar-refractivity contribution in [1.29, 1.82) is 0 Å².